The maximum absolute atomic E-state index is 13.9. The van der Waals surface area contributed by atoms with E-state index in [4.69, 9.17) is 5.73 Å². The van der Waals surface area contributed by atoms with Gasteiger partial charge in [0.1, 0.15) is 5.69 Å². The Kier molecular flexibility index (Phi) is 2.93. The Balaban J connectivity index is 1.99. The predicted octanol–water partition coefficient (Wildman–Crippen LogP) is 3.83. The van der Waals surface area contributed by atoms with Gasteiger partial charge in [0.15, 0.2) is 11.6 Å². The van der Waals surface area contributed by atoms with Gasteiger partial charge in [-0.1, -0.05) is 22.0 Å². The van der Waals surface area contributed by atoms with Gasteiger partial charge in [0.25, 0.3) is 0 Å². The van der Waals surface area contributed by atoms with Gasteiger partial charge < -0.3 is 10.6 Å². The molecule has 0 fully saturated rings. The summed E-state index contributed by atoms with van der Waals surface area (Å²) >= 11 is 3.08. The number of nitrogen functional groups attached to an aromatic ring is 1. The standard InChI is InChI=1S/C14H11BrF2N2/c15-10-4-12(16)14(13(17)5-10)19-6-8-1-2-11(18)3-9(8)7-19/h1-5H,6-7,18H2. The lowest BCUT2D eigenvalue weighted by molar-refractivity contribution is 0.572. The van der Waals surface area contributed by atoms with E-state index in [-0.39, 0.29) is 5.69 Å². The summed E-state index contributed by atoms with van der Waals surface area (Å²) in [6, 6.07) is 8.10. The van der Waals surface area contributed by atoms with Crippen molar-refractivity contribution in [2.24, 2.45) is 0 Å². The molecule has 0 amide bonds. The fourth-order valence-electron chi connectivity index (χ4n) is 2.41. The summed E-state index contributed by atoms with van der Waals surface area (Å²) in [5, 5.41) is 0. The monoisotopic (exact) mass is 324 g/mol. The lowest BCUT2D eigenvalue weighted by Gasteiger charge is -2.19. The number of halogens is 3. The average molecular weight is 325 g/mol. The number of nitrogens with zero attached hydrogens (tertiary/aromatic N) is 1. The Hall–Kier alpha value is -1.62. The highest BCUT2D eigenvalue weighted by Crippen LogP contribution is 2.34. The first kappa shape index (κ1) is 12.4. The number of hydrogen-bond acceptors (Lipinski definition) is 2. The first-order chi connectivity index (χ1) is 9.04. The second kappa shape index (κ2) is 4.49. The van der Waals surface area contributed by atoms with Gasteiger partial charge in [-0.2, -0.15) is 0 Å². The Morgan fingerprint density at radius 3 is 2.32 bits per heavy atom. The molecule has 0 unspecified atom stereocenters. The van der Waals surface area contributed by atoms with Crippen molar-refractivity contribution in [1.82, 2.24) is 0 Å². The fraction of sp³-hybridized carbons (Fsp3) is 0.143. The van der Waals surface area contributed by atoms with Gasteiger partial charge >= 0.3 is 0 Å². The third kappa shape index (κ3) is 2.18. The van der Waals surface area contributed by atoms with Crippen molar-refractivity contribution in [3.8, 4) is 0 Å². The van der Waals surface area contributed by atoms with Gasteiger partial charge in [0.2, 0.25) is 0 Å². The molecule has 0 bridgehead atoms. The second-order valence-corrected chi connectivity index (χ2v) is 5.52. The van der Waals surface area contributed by atoms with Gasteiger partial charge in [0.05, 0.1) is 0 Å². The highest BCUT2D eigenvalue weighted by Gasteiger charge is 2.24. The summed E-state index contributed by atoms with van der Waals surface area (Å²) in [4.78, 5) is 1.68. The van der Waals surface area contributed by atoms with Crippen LogP contribution in [0.5, 0.6) is 0 Å². The van der Waals surface area contributed by atoms with E-state index >= 15 is 0 Å². The minimum atomic E-state index is -0.562. The molecule has 2 aromatic carbocycles. The molecule has 2 N–H and O–H groups in total. The second-order valence-electron chi connectivity index (χ2n) is 4.60. The molecule has 0 spiro atoms. The molecule has 0 aromatic heterocycles. The van der Waals surface area contributed by atoms with Crippen molar-refractivity contribution in [2.75, 3.05) is 10.6 Å². The summed E-state index contributed by atoms with van der Waals surface area (Å²) in [6.07, 6.45) is 0. The van der Waals surface area contributed by atoms with Gasteiger partial charge in [0, 0.05) is 23.2 Å². The number of benzene rings is 2. The summed E-state index contributed by atoms with van der Waals surface area (Å²) in [6.45, 7) is 0.959. The van der Waals surface area contributed by atoms with E-state index in [0.717, 1.165) is 11.1 Å². The predicted molar refractivity (Wildman–Crippen MR) is 74.8 cm³/mol. The molecule has 0 radical (unpaired) electrons. The van der Waals surface area contributed by atoms with E-state index in [0.29, 0.717) is 23.2 Å². The molecule has 0 saturated carbocycles. The van der Waals surface area contributed by atoms with Crippen LogP contribution >= 0.6 is 15.9 Å². The minimum absolute atomic E-state index is 0.0120. The molecular formula is C14H11BrF2N2. The molecule has 0 aliphatic carbocycles. The van der Waals surface area contributed by atoms with Crippen LogP contribution in [0.2, 0.25) is 0 Å². The SMILES string of the molecule is Nc1ccc2c(c1)CN(c1c(F)cc(Br)cc1F)C2. The fourth-order valence-corrected chi connectivity index (χ4v) is 2.81. The molecular weight excluding hydrogens is 314 g/mol. The molecule has 1 aliphatic rings. The maximum Gasteiger partial charge on any atom is 0.150 e. The van der Waals surface area contributed by atoms with Crippen LogP contribution in [-0.4, -0.2) is 0 Å². The van der Waals surface area contributed by atoms with Gasteiger partial charge in [-0.25, -0.2) is 8.78 Å². The van der Waals surface area contributed by atoms with Crippen LogP contribution in [0, 0.1) is 11.6 Å². The molecule has 0 atom stereocenters. The Morgan fingerprint density at radius 1 is 1.00 bits per heavy atom. The highest BCUT2D eigenvalue weighted by molar-refractivity contribution is 9.10. The van der Waals surface area contributed by atoms with Crippen LogP contribution in [0.25, 0.3) is 0 Å². The van der Waals surface area contributed by atoms with E-state index in [1.54, 1.807) is 11.0 Å². The minimum Gasteiger partial charge on any atom is -0.399 e. The van der Waals surface area contributed by atoms with E-state index in [1.807, 2.05) is 12.1 Å². The molecule has 1 heterocycles. The highest BCUT2D eigenvalue weighted by atomic mass is 79.9. The van der Waals surface area contributed by atoms with Crippen LogP contribution < -0.4 is 10.6 Å². The van der Waals surface area contributed by atoms with E-state index in [1.165, 1.54) is 12.1 Å². The van der Waals surface area contributed by atoms with Crippen molar-refractivity contribution in [1.29, 1.82) is 0 Å². The number of anilines is 2. The Morgan fingerprint density at radius 2 is 1.63 bits per heavy atom. The van der Waals surface area contributed by atoms with E-state index < -0.39 is 11.6 Å². The lowest BCUT2D eigenvalue weighted by atomic mass is 10.1. The van der Waals surface area contributed by atoms with Crippen LogP contribution in [0.3, 0.4) is 0 Å². The summed E-state index contributed by atoms with van der Waals surface area (Å²) in [7, 11) is 0. The zero-order valence-electron chi connectivity index (χ0n) is 9.96. The number of hydrogen-bond donors (Lipinski definition) is 1. The number of rotatable bonds is 1. The van der Waals surface area contributed by atoms with Crippen LogP contribution in [0.4, 0.5) is 20.2 Å². The molecule has 3 rings (SSSR count). The van der Waals surface area contributed by atoms with Crippen LogP contribution in [0.1, 0.15) is 11.1 Å². The Bertz CT molecular complexity index is 635. The summed E-state index contributed by atoms with van der Waals surface area (Å²) in [5.41, 5.74) is 8.47. The first-order valence-corrected chi connectivity index (χ1v) is 6.60. The molecule has 5 heteroatoms. The third-order valence-electron chi connectivity index (χ3n) is 3.25. The van der Waals surface area contributed by atoms with Gasteiger partial charge in [-0.05, 0) is 35.4 Å². The normalized spacial score (nSPS) is 13.7. The first-order valence-electron chi connectivity index (χ1n) is 5.81. The van der Waals surface area contributed by atoms with Crippen LogP contribution in [0.15, 0.2) is 34.8 Å². The molecule has 0 saturated heterocycles. The van der Waals surface area contributed by atoms with Crippen molar-refractivity contribution < 1.29 is 8.78 Å². The zero-order valence-corrected chi connectivity index (χ0v) is 11.5. The smallest absolute Gasteiger partial charge is 0.150 e. The van der Waals surface area contributed by atoms with E-state index in [9.17, 15) is 8.78 Å². The maximum atomic E-state index is 13.9. The van der Waals surface area contributed by atoms with E-state index in [2.05, 4.69) is 15.9 Å². The molecule has 19 heavy (non-hydrogen) atoms. The molecule has 2 aromatic rings. The molecule has 2 nitrogen and oxygen atoms in total. The van der Waals surface area contributed by atoms with Crippen molar-refractivity contribution in [2.45, 2.75) is 13.1 Å². The number of fused-ring (bicyclic) bond motifs is 1. The van der Waals surface area contributed by atoms with Gasteiger partial charge in [-0.3, -0.25) is 0 Å². The van der Waals surface area contributed by atoms with Crippen molar-refractivity contribution in [3.05, 3.63) is 57.6 Å². The quantitative estimate of drug-likeness (QED) is 0.808. The average Bonchev–Trinajstić information content (AvgIpc) is 2.69. The largest absolute Gasteiger partial charge is 0.399 e. The summed E-state index contributed by atoms with van der Waals surface area (Å²) in [5.74, 6) is -1.12. The van der Waals surface area contributed by atoms with Crippen LogP contribution in [-0.2, 0) is 13.1 Å². The topological polar surface area (TPSA) is 29.3 Å². The third-order valence-corrected chi connectivity index (χ3v) is 3.71. The summed E-state index contributed by atoms with van der Waals surface area (Å²) < 4.78 is 28.3. The zero-order chi connectivity index (χ0) is 13.6. The lowest BCUT2D eigenvalue weighted by Crippen LogP contribution is -2.17. The molecule has 98 valence electrons. The Labute approximate surface area is 118 Å². The van der Waals surface area contributed by atoms with Crippen molar-refractivity contribution in [3.63, 3.8) is 0 Å². The van der Waals surface area contributed by atoms with Crippen molar-refractivity contribution >= 4 is 27.3 Å². The molecule has 1 aliphatic heterocycles. The number of nitrogens with two attached hydrogens (primary N) is 1. The van der Waals surface area contributed by atoms with Gasteiger partial charge in [-0.15, -0.1) is 0 Å².